The molecule has 67 heavy (non-hydrogen) atoms. The minimum atomic E-state index is -1.78. The van der Waals surface area contributed by atoms with Gasteiger partial charge in [0.1, 0.15) is 67.1 Å². The summed E-state index contributed by atoms with van der Waals surface area (Å²) < 4.78 is 35.6. The summed E-state index contributed by atoms with van der Waals surface area (Å²) in [5.41, 5.74) is -3.45. The zero-order chi connectivity index (χ0) is 49.1. The van der Waals surface area contributed by atoms with Crippen molar-refractivity contribution >= 4 is 11.9 Å². The number of carbonyl (C=O) groups is 2. The molecule has 7 fully saturated rings. The maximum Gasteiger partial charge on any atom is 0.315 e. The van der Waals surface area contributed by atoms with Crippen LogP contribution in [0.4, 0.5) is 0 Å². The van der Waals surface area contributed by atoms with Crippen molar-refractivity contribution in [2.45, 2.75) is 204 Å². The number of carboxylic acid groups (broad SMARTS) is 1. The average Bonchev–Trinajstić information content (AvgIpc) is 3.28. The van der Waals surface area contributed by atoms with Crippen LogP contribution < -0.4 is 0 Å². The first-order chi connectivity index (χ1) is 31.4. The van der Waals surface area contributed by atoms with Gasteiger partial charge in [0.25, 0.3) is 0 Å². The number of aliphatic carboxylic acids is 1. The van der Waals surface area contributed by atoms with Crippen LogP contribution in [0.25, 0.3) is 0 Å². The summed E-state index contributed by atoms with van der Waals surface area (Å²) >= 11 is 0. The minimum absolute atomic E-state index is 0.00604. The van der Waals surface area contributed by atoms with Crippen LogP contribution in [0.5, 0.6) is 0 Å². The molecule has 0 aromatic carbocycles. The Labute approximate surface area is 391 Å². The summed E-state index contributed by atoms with van der Waals surface area (Å²) in [5.74, 6) is -2.18. The highest BCUT2D eigenvalue weighted by Crippen LogP contribution is 2.76. The number of allylic oxidation sites excluding steroid dienone is 1. The first kappa shape index (κ1) is 51.4. The van der Waals surface area contributed by atoms with Crippen molar-refractivity contribution in [1.82, 2.24) is 0 Å². The summed E-state index contributed by atoms with van der Waals surface area (Å²) in [7, 11) is 0. The molecular weight excluding hydrogens is 881 g/mol. The van der Waals surface area contributed by atoms with Gasteiger partial charge in [0, 0.05) is 0 Å². The molecule has 3 heterocycles. The second-order valence-electron chi connectivity index (χ2n) is 22.8. The van der Waals surface area contributed by atoms with Gasteiger partial charge in [0.15, 0.2) is 12.6 Å². The van der Waals surface area contributed by atoms with Gasteiger partial charge in [-0.3, -0.25) is 9.59 Å². The zero-order valence-corrected chi connectivity index (χ0v) is 39.7. The van der Waals surface area contributed by atoms with Gasteiger partial charge in [-0.2, -0.15) is 0 Å². The second-order valence-corrected chi connectivity index (χ2v) is 22.8. The normalized spacial score (nSPS) is 54.0. The summed E-state index contributed by atoms with van der Waals surface area (Å²) in [6.45, 7) is 12.9. The van der Waals surface area contributed by atoms with Crippen LogP contribution >= 0.6 is 0 Å². The second kappa shape index (κ2) is 18.3. The molecule has 3 aliphatic heterocycles. The van der Waals surface area contributed by atoms with E-state index in [2.05, 4.69) is 47.6 Å². The molecule has 382 valence electrons. The Morgan fingerprint density at radius 2 is 1.27 bits per heavy atom. The molecule has 0 aromatic heterocycles. The third kappa shape index (κ3) is 7.70. The standard InChI is InChI=1S/C48H76O19/c1-20-10-15-47(43(61)67-41-36(57)33(54)31(52)24(18-49)63-41)16-17-48(42(59)60)23(29(47)21(20)2)8-9-27-45(6)13-12-28(44(4,5)26(45)11-14-46(27,48)7)65-40-37(58)34(55)38(25(19-50)64-40)66-39-35(56)32(53)30(51)22(3)62-39/h8,20-22,24-41,49-58H,9-19H2,1-7H3,(H,59,60)/t20-,21+,22+,24-,25-,26+,27-,28+,29+,30+,31-,32-,33+,34-,35-,36-,37-,38-,39-,40+,41+,45+,46-,47+,48-/m1/s1. The van der Waals surface area contributed by atoms with Crippen molar-refractivity contribution < 1.29 is 94.2 Å². The number of ether oxygens (including phenoxy) is 6. The van der Waals surface area contributed by atoms with E-state index in [1.807, 2.05) is 0 Å². The van der Waals surface area contributed by atoms with Crippen LogP contribution in [-0.4, -0.2) is 180 Å². The first-order valence-corrected chi connectivity index (χ1v) is 24.5. The predicted molar refractivity (Wildman–Crippen MR) is 231 cm³/mol. The summed E-state index contributed by atoms with van der Waals surface area (Å²) in [5, 5.41) is 117. The van der Waals surface area contributed by atoms with Gasteiger partial charge in [-0.15, -0.1) is 0 Å². The lowest BCUT2D eigenvalue weighted by Gasteiger charge is -2.70. The van der Waals surface area contributed by atoms with Gasteiger partial charge in [-0.05, 0) is 111 Å². The molecule has 0 radical (unpaired) electrons. The average molecular weight is 957 g/mol. The Bertz CT molecular complexity index is 1860. The van der Waals surface area contributed by atoms with Crippen LogP contribution in [0.15, 0.2) is 11.6 Å². The molecule has 19 heteroatoms. The highest BCUT2D eigenvalue weighted by Gasteiger charge is 2.74. The highest BCUT2D eigenvalue weighted by molar-refractivity contribution is 5.85. The lowest BCUT2D eigenvalue weighted by atomic mass is 9.33. The Morgan fingerprint density at radius 3 is 1.93 bits per heavy atom. The number of rotatable bonds is 9. The molecule has 3 saturated heterocycles. The molecule has 0 spiro atoms. The fourth-order valence-electron chi connectivity index (χ4n) is 15.4. The van der Waals surface area contributed by atoms with Gasteiger partial charge in [0.2, 0.25) is 6.29 Å². The fraction of sp³-hybridized carbons (Fsp3) is 0.917. The lowest BCUT2D eigenvalue weighted by Crippen LogP contribution is -2.68. The maximum atomic E-state index is 14.7. The number of carboxylic acids is 1. The van der Waals surface area contributed by atoms with Crippen molar-refractivity contribution in [3.05, 3.63) is 11.6 Å². The van der Waals surface area contributed by atoms with E-state index in [0.29, 0.717) is 44.9 Å². The van der Waals surface area contributed by atoms with Crippen molar-refractivity contribution in [3.8, 4) is 0 Å². The van der Waals surface area contributed by atoms with E-state index in [0.717, 1.165) is 5.57 Å². The van der Waals surface area contributed by atoms with Crippen LogP contribution in [0.2, 0.25) is 0 Å². The van der Waals surface area contributed by atoms with Crippen LogP contribution in [0.1, 0.15) is 106 Å². The molecule has 5 aliphatic carbocycles. The summed E-state index contributed by atoms with van der Waals surface area (Å²) in [6, 6.07) is 0. The molecule has 0 unspecified atom stereocenters. The molecule has 8 rings (SSSR count). The van der Waals surface area contributed by atoms with E-state index >= 15 is 0 Å². The molecule has 8 aliphatic rings. The summed E-state index contributed by atoms with van der Waals surface area (Å²) in [4.78, 5) is 29.1. The quantitative estimate of drug-likeness (QED) is 0.0829. The fourth-order valence-corrected chi connectivity index (χ4v) is 15.4. The van der Waals surface area contributed by atoms with E-state index in [1.54, 1.807) is 0 Å². The molecule has 25 atom stereocenters. The van der Waals surface area contributed by atoms with E-state index in [-0.39, 0.29) is 36.5 Å². The maximum absolute atomic E-state index is 14.7. The predicted octanol–water partition coefficient (Wildman–Crippen LogP) is 0.0887. The van der Waals surface area contributed by atoms with Crippen molar-refractivity contribution in [2.24, 2.45) is 56.7 Å². The monoisotopic (exact) mass is 956 g/mol. The molecule has 0 bridgehead atoms. The molecule has 11 N–H and O–H groups in total. The third-order valence-corrected chi connectivity index (χ3v) is 19.4. The van der Waals surface area contributed by atoms with Gasteiger partial charge in [0.05, 0.1) is 36.3 Å². The van der Waals surface area contributed by atoms with Crippen molar-refractivity contribution in [1.29, 1.82) is 0 Å². The van der Waals surface area contributed by atoms with Gasteiger partial charge in [-0.25, -0.2) is 0 Å². The number of hydrogen-bond acceptors (Lipinski definition) is 18. The van der Waals surface area contributed by atoms with E-state index in [4.69, 9.17) is 28.4 Å². The lowest BCUT2D eigenvalue weighted by molar-refractivity contribution is -0.366. The molecule has 19 nitrogen and oxygen atoms in total. The number of fused-ring (bicyclic) bond motifs is 7. The Morgan fingerprint density at radius 1 is 0.657 bits per heavy atom. The third-order valence-electron chi connectivity index (χ3n) is 19.4. The van der Waals surface area contributed by atoms with Crippen molar-refractivity contribution in [3.63, 3.8) is 0 Å². The Kier molecular flexibility index (Phi) is 14.0. The number of aliphatic hydroxyl groups excluding tert-OH is 10. The molecular formula is C48H76O19. The van der Waals surface area contributed by atoms with Crippen LogP contribution in [0, 0.1) is 56.7 Å². The number of esters is 1. The highest BCUT2D eigenvalue weighted by atomic mass is 16.7. The molecule has 4 saturated carbocycles. The van der Waals surface area contributed by atoms with Gasteiger partial charge >= 0.3 is 11.9 Å². The topological polar surface area (TPSA) is 312 Å². The van der Waals surface area contributed by atoms with Crippen LogP contribution in [0.3, 0.4) is 0 Å². The first-order valence-electron chi connectivity index (χ1n) is 24.5. The molecule has 0 amide bonds. The number of aliphatic hydroxyl groups is 10. The Balaban J connectivity index is 1.04. The van der Waals surface area contributed by atoms with Gasteiger partial charge < -0.3 is 84.6 Å². The van der Waals surface area contributed by atoms with E-state index < -0.39 is 156 Å². The molecule has 0 aromatic rings. The van der Waals surface area contributed by atoms with Crippen LogP contribution in [-0.2, 0) is 38.0 Å². The number of hydrogen-bond donors (Lipinski definition) is 11. The van der Waals surface area contributed by atoms with Crippen molar-refractivity contribution in [2.75, 3.05) is 13.2 Å². The SMILES string of the molecule is C[C@H]1[C@H](C)CC[C@]2(C(=O)O[C@@H]3O[C@H](CO)[C@@H](O)[C@H](O)[C@H]3O)CC[C@]3(C(=O)O)C(=CC[C@@H]4[C@@]5(C)CC[C@H](O[C@@H]6O[C@H](CO)[C@@H](O[C@H]7O[C@@H](C)[C@H](O)[C@@H](O)[C@H]7O)[C@H](O)[C@H]6O)C(C)(C)[C@@H]5CC[C@]43C)[C@H]12. The minimum Gasteiger partial charge on any atom is -0.481 e. The van der Waals surface area contributed by atoms with E-state index in [1.165, 1.54) is 6.92 Å². The van der Waals surface area contributed by atoms with E-state index in [9.17, 15) is 65.8 Å². The largest absolute Gasteiger partial charge is 0.481 e. The Hall–Kier alpha value is -1.92. The zero-order valence-electron chi connectivity index (χ0n) is 39.7. The number of carbonyl (C=O) groups excluding carboxylic acids is 1. The summed E-state index contributed by atoms with van der Waals surface area (Å²) in [6.07, 6.45) is -16.6. The smallest absolute Gasteiger partial charge is 0.315 e. The van der Waals surface area contributed by atoms with Gasteiger partial charge in [-0.1, -0.05) is 53.2 Å².